The number of aliphatic hydroxyl groups excluding tert-OH is 1. The summed E-state index contributed by atoms with van der Waals surface area (Å²) in [7, 11) is 0. The van der Waals surface area contributed by atoms with Gasteiger partial charge in [-0.2, -0.15) is 0 Å². The van der Waals surface area contributed by atoms with Crippen LogP contribution in [-0.2, 0) is 6.61 Å². The van der Waals surface area contributed by atoms with E-state index in [4.69, 9.17) is 16.7 Å². The van der Waals surface area contributed by atoms with Crippen molar-refractivity contribution in [2.45, 2.75) is 20.0 Å². The van der Waals surface area contributed by atoms with Crippen LogP contribution in [0.1, 0.15) is 23.4 Å². The predicted octanol–water partition coefficient (Wildman–Crippen LogP) is 2.47. The fraction of sp³-hybridized carbons (Fsp3) is 0.375. The van der Waals surface area contributed by atoms with Crippen LogP contribution in [0.5, 0.6) is 0 Å². The van der Waals surface area contributed by atoms with Gasteiger partial charge in [0.05, 0.1) is 23.0 Å². The normalized spacial score (nSPS) is 10.9. The molecule has 0 aliphatic rings. The molecule has 0 fully saturated rings. The molecule has 1 aromatic rings. The van der Waals surface area contributed by atoms with Crippen LogP contribution >= 0.6 is 11.6 Å². The maximum Gasteiger partial charge on any atom is 0.265 e. The smallest absolute Gasteiger partial charge is 0.265 e. The quantitative estimate of drug-likeness (QED) is 0.808. The van der Waals surface area contributed by atoms with Gasteiger partial charge >= 0.3 is 0 Å². The monoisotopic (exact) mass is 207 g/mol. The van der Waals surface area contributed by atoms with E-state index >= 15 is 0 Å². The Labute approximate surface area is 79.2 Å². The Bertz CT molecular complexity index is 317. The molecule has 1 N–H and O–H groups in total. The lowest BCUT2D eigenvalue weighted by atomic mass is 10.2. The zero-order chi connectivity index (χ0) is 10.0. The Balaban J connectivity index is 3.25. The topological polar surface area (TPSA) is 33.1 Å². The summed E-state index contributed by atoms with van der Waals surface area (Å²) >= 11 is 5.61. The van der Waals surface area contributed by atoms with Crippen molar-refractivity contribution in [1.29, 1.82) is 0 Å². The van der Waals surface area contributed by atoms with Crippen LogP contribution in [0, 0.1) is 6.92 Å². The minimum Gasteiger partial charge on any atom is -0.390 e. The Kier molecular flexibility index (Phi) is 3.17. The van der Waals surface area contributed by atoms with Crippen LogP contribution in [0.4, 0.5) is 8.78 Å². The molecule has 0 spiro atoms. The highest BCUT2D eigenvalue weighted by molar-refractivity contribution is 6.31. The molecule has 0 radical (unpaired) electrons. The van der Waals surface area contributed by atoms with E-state index in [1.165, 1.54) is 0 Å². The average molecular weight is 208 g/mol. The summed E-state index contributed by atoms with van der Waals surface area (Å²) in [5.74, 6) is 0. The molecule has 5 heteroatoms. The average Bonchev–Trinajstić information content (AvgIpc) is 2.08. The highest BCUT2D eigenvalue weighted by Gasteiger charge is 2.15. The van der Waals surface area contributed by atoms with Crippen molar-refractivity contribution >= 4 is 11.6 Å². The molecular weight excluding hydrogens is 200 g/mol. The molecule has 0 aromatic carbocycles. The van der Waals surface area contributed by atoms with Crippen LogP contribution in [0.2, 0.25) is 5.02 Å². The number of aryl methyl sites for hydroxylation is 1. The lowest BCUT2D eigenvalue weighted by molar-refractivity contribution is 0.146. The van der Waals surface area contributed by atoms with E-state index in [-0.39, 0.29) is 16.3 Å². The summed E-state index contributed by atoms with van der Waals surface area (Å²) in [6.07, 6.45) is -2.66. The lowest BCUT2D eigenvalue weighted by Gasteiger charge is -2.07. The summed E-state index contributed by atoms with van der Waals surface area (Å²) in [4.78, 5) is 3.75. The highest BCUT2D eigenvalue weighted by Crippen LogP contribution is 2.26. The SMILES string of the molecule is Cc1nc(CO)c(C(F)F)cc1Cl. The van der Waals surface area contributed by atoms with E-state index in [0.717, 1.165) is 6.07 Å². The first-order chi connectivity index (χ1) is 6.06. The zero-order valence-electron chi connectivity index (χ0n) is 6.89. The van der Waals surface area contributed by atoms with Gasteiger partial charge in [-0.15, -0.1) is 0 Å². The van der Waals surface area contributed by atoms with Crippen molar-refractivity contribution in [3.05, 3.63) is 28.0 Å². The minimum absolute atomic E-state index is 0.0168. The van der Waals surface area contributed by atoms with Gasteiger partial charge in [0.1, 0.15) is 0 Å². The third-order valence-corrected chi connectivity index (χ3v) is 2.03. The summed E-state index contributed by atoms with van der Waals surface area (Å²) in [5, 5.41) is 8.93. The highest BCUT2D eigenvalue weighted by atomic mass is 35.5. The first kappa shape index (κ1) is 10.3. The molecule has 1 aromatic heterocycles. The molecule has 1 rings (SSSR count). The summed E-state index contributed by atoms with van der Waals surface area (Å²) < 4.78 is 24.6. The Morgan fingerprint density at radius 3 is 2.69 bits per heavy atom. The Morgan fingerprint density at radius 1 is 1.62 bits per heavy atom. The van der Waals surface area contributed by atoms with E-state index in [0.29, 0.717) is 5.69 Å². The minimum atomic E-state index is -2.66. The van der Waals surface area contributed by atoms with Gasteiger partial charge in [0.2, 0.25) is 0 Å². The molecule has 0 saturated carbocycles. The number of pyridine rings is 1. The molecule has 0 saturated heterocycles. The van der Waals surface area contributed by atoms with Gasteiger partial charge in [-0.05, 0) is 13.0 Å². The first-order valence-corrected chi connectivity index (χ1v) is 3.99. The number of nitrogens with zero attached hydrogens (tertiary/aromatic N) is 1. The maximum atomic E-state index is 12.3. The van der Waals surface area contributed by atoms with Gasteiger partial charge < -0.3 is 5.11 Å². The van der Waals surface area contributed by atoms with E-state index in [1.807, 2.05) is 0 Å². The second kappa shape index (κ2) is 3.98. The molecule has 13 heavy (non-hydrogen) atoms. The van der Waals surface area contributed by atoms with Crippen molar-refractivity contribution < 1.29 is 13.9 Å². The number of aliphatic hydroxyl groups is 1. The van der Waals surface area contributed by atoms with Gasteiger partial charge in [0.25, 0.3) is 6.43 Å². The molecule has 0 bridgehead atoms. The maximum absolute atomic E-state index is 12.3. The van der Waals surface area contributed by atoms with Crippen molar-refractivity contribution in [3.8, 4) is 0 Å². The number of alkyl halides is 2. The first-order valence-electron chi connectivity index (χ1n) is 3.61. The Morgan fingerprint density at radius 2 is 2.23 bits per heavy atom. The van der Waals surface area contributed by atoms with E-state index < -0.39 is 13.0 Å². The second-order valence-corrected chi connectivity index (χ2v) is 2.96. The molecule has 1 heterocycles. The van der Waals surface area contributed by atoms with Gasteiger partial charge in [0, 0.05) is 5.56 Å². The molecular formula is C8H8ClF2NO. The molecule has 0 amide bonds. The van der Waals surface area contributed by atoms with Crippen molar-refractivity contribution in [2.24, 2.45) is 0 Å². The van der Waals surface area contributed by atoms with Crippen LogP contribution in [0.3, 0.4) is 0 Å². The molecule has 0 aliphatic carbocycles. The van der Waals surface area contributed by atoms with Crippen LogP contribution in [0.25, 0.3) is 0 Å². The predicted molar refractivity (Wildman–Crippen MR) is 44.9 cm³/mol. The number of aromatic nitrogens is 1. The lowest BCUT2D eigenvalue weighted by Crippen LogP contribution is -2.00. The van der Waals surface area contributed by atoms with E-state index in [9.17, 15) is 8.78 Å². The fourth-order valence-electron chi connectivity index (χ4n) is 0.960. The number of hydrogen-bond donors (Lipinski definition) is 1. The third kappa shape index (κ3) is 2.14. The van der Waals surface area contributed by atoms with Crippen LogP contribution < -0.4 is 0 Å². The van der Waals surface area contributed by atoms with Gasteiger partial charge in [-0.3, -0.25) is 4.98 Å². The van der Waals surface area contributed by atoms with Gasteiger partial charge in [-0.1, -0.05) is 11.6 Å². The summed E-state index contributed by atoms with van der Waals surface area (Å²) in [6.45, 7) is 1.09. The number of hydrogen-bond acceptors (Lipinski definition) is 2. The third-order valence-electron chi connectivity index (χ3n) is 1.65. The second-order valence-electron chi connectivity index (χ2n) is 2.55. The Hall–Kier alpha value is -0.740. The fourth-order valence-corrected chi connectivity index (χ4v) is 1.12. The summed E-state index contributed by atoms with van der Waals surface area (Å²) in [5.41, 5.74) is 0.116. The van der Waals surface area contributed by atoms with Crippen molar-refractivity contribution in [1.82, 2.24) is 4.98 Å². The van der Waals surface area contributed by atoms with E-state index in [1.54, 1.807) is 6.92 Å². The van der Waals surface area contributed by atoms with Crippen molar-refractivity contribution in [2.75, 3.05) is 0 Å². The number of halogens is 3. The van der Waals surface area contributed by atoms with E-state index in [2.05, 4.69) is 4.98 Å². The zero-order valence-corrected chi connectivity index (χ0v) is 7.65. The van der Waals surface area contributed by atoms with Crippen molar-refractivity contribution in [3.63, 3.8) is 0 Å². The molecule has 0 unspecified atom stereocenters. The standard InChI is InChI=1S/C8H8ClF2NO/c1-4-6(9)2-5(8(10)11)7(3-13)12-4/h2,8,13H,3H2,1H3. The number of rotatable bonds is 2. The van der Waals surface area contributed by atoms with Gasteiger partial charge in [0.15, 0.2) is 0 Å². The largest absolute Gasteiger partial charge is 0.390 e. The van der Waals surface area contributed by atoms with Gasteiger partial charge in [-0.25, -0.2) is 8.78 Å². The van der Waals surface area contributed by atoms with Crippen LogP contribution in [-0.4, -0.2) is 10.1 Å². The molecule has 2 nitrogen and oxygen atoms in total. The summed E-state index contributed by atoms with van der Waals surface area (Å²) in [6, 6.07) is 1.14. The van der Waals surface area contributed by atoms with Crippen LogP contribution in [0.15, 0.2) is 6.07 Å². The molecule has 0 aliphatic heterocycles. The molecule has 0 atom stereocenters. The molecule has 72 valence electrons.